The second-order valence-corrected chi connectivity index (χ2v) is 9.38. The van der Waals surface area contributed by atoms with E-state index in [1.807, 2.05) is 35.2 Å². The number of amides is 1. The van der Waals surface area contributed by atoms with Gasteiger partial charge in [0.2, 0.25) is 5.88 Å². The Labute approximate surface area is 206 Å². The van der Waals surface area contributed by atoms with E-state index in [0.29, 0.717) is 24.9 Å². The first-order chi connectivity index (χ1) is 17.2. The number of rotatable bonds is 8. The van der Waals surface area contributed by atoms with Crippen molar-refractivity contribution in [3.05, 3.63) is 60.1 Å². The quantitative estimate of drug-likeness (QED) is 0.478. The number of benzene rings is 1. The Hall–Kier alpha value is -3.10. The van der Waals surface area contributed by atoms with E-state index >= 15 is 0 Å². The van der Waals surface area contributed by atoms with E-state index < -0.39 is 0 Å². The number of aromatic nitrogens is 1. The van der Waals surface area contributed by atoms with Gasteiger partial charge in [0.15, 0.2) is 5.76 Å². The van der Waals surface area contributed by atoms with E-state index in [1.54, 1.807) is 18.4 Å². The molecule has 35 heavy (non-hydrogen) atoms. The van der Waals surface area contributed by atoms with E-state index in [4.69, 9.17) is 13.7 Å². The summed E-state index contributed by atoms with van der Waals surface area (Å²) in [7, 11) is 0. The SMILES string of the molecule is C[C@H]1CCCCN1c1onc(-c2ccccc2)c1CN(CCN1CCOCC1)C(=O)c1ccco1. The average molecular weight is 479 g/mol. The minimum absolute atomic E-state index is 0.124. The molecular formula is C27H34N4O4. The van der Waals surface area contributed by atoms with Crippen molar-refractivity contribution in [2.24, 2.45) is 0 Å². The third kappa shape index (κ3) is 5.44. The molecule has 5 rings (SSSR count). The number of anilines is 1. The molecule has 1 atom stereocenters. The number of hydrogen-bond donors (Lipinski definition) is 0. The molecule has 2 aromatic heterocycles. The first-order valence-electron chi connectivity index (χ1n) is 12.6. The van der Waals surface area contributed by atoms with E-state index in [9.17, 15) is 4.79 Å². The highest BCUT2D eigenvalue weighted by Gasteiger charge is 2.30. The fourth-order valence-electron chi connectivity index (χ4n) is 4.98. The molecule has 0 N–H and O–H groups in total. The Morgan fingerprint density at radius 1 is 1.09 bits per heavy atom. The van der Waals surface area contributed by atoms with Crippen LogP contribution in [0.5, 0.6) is 0 Å². The molecule has 2 aliphatic rings. The lowest BCUT2D eigenvalue weighted by atomic mass is 10.0. The van der Waals surface area contributed by atoms with Crippen molar-refractivity contribution in [1.29, 1.82) is 0 Å². The van der Waals surface area contributed by atoms with Crippen LogP contribution in [0.3, 0.4) is 0 Å². The van der Waals surface area contributed by atoms with Crippen LogP contribution in [0, 0.1) is 0 Å². The Morgan fingerprint density at radius 2 is 1.91 bits per heavy atom. The van der Waals surface area contributed by atoms with Gasteiger partial charge in [-0.3, -0.25) is 9.69 Å². The third-order valence-electron chi connectivity index (χ3n) is 7.04. The molecule has 8 heteroatoms. The monoisotopic (exact) mass is 478 g/mol. The van der Waals surface area contributed by atoms with Crippen molar-refractivity contribution in [1.82, 2.24) is 15.0 Å². The van der Waals surface area contributed by atoms with Crippen LogP contribution >= 0.6 is 0 Å². The maximum Gasteiger partial charge on any atom is 0.289 e. The molecule has 3 aromatic rings. The average Bonchev–Trinajstić information content (AvgIpc) is 3.58. The van der Waals surface area contributed by atoms with Crippen molar-refractivity contribution in [2.45, 2.75) is 38.8 Å². The number of carbonyl (C=O) groups is 1. The summed E-state index contributed by atoms with van der Waals surface area (Å²) in [5, 5.41) is 4.52. The van der Waals surface area contributed by atoms with Gasteiger partial charge in [-0.15, -0.1) is 0 Å². The molecule has 0 aliphatic carbocycles. The summed E-state index contributed by atoms with van der Waals surface area (Å²) in [6.45, 7) is 8.13. The number of nitrogens with zero attached hydrogens (tertiary/aromatic N) is 4. The Balaban J connectivity index is 1.47. The highest BCUT2D eigenvalue weighted by molar-refractivity contribution is 5.91. The zero-order valence-electron chi connectivity index (χ0n) is 20.4. The standard InChI is InChI=1S/C27H34N4O4/c1-21-8-5-6-12-31(21)27-23(25(28-35-27)22-9-3-2-4-10-22)20-30(26(32)24-11-7-17-34-24)14-13-29-15-18-33-19-16-29/h2-4,7,9-11,17,21H,5-6,8,12-16,18-20H2,1H3/t21-/m0/s1. The number of morpholine rings is 1. The predicted molar refractivity (Wildman–Crippen MR) is 133 cm³/mol. The van der Waals surface area contributed by atoms with Gasteiger partial charge < -0.3 is 23.5 Å². The van der Waals surface area contributed by atoms with Crippen molar-refractivity contribution in [3.63, 3.8) is 0 Å². The van der Waals surface area contributed by atoms with Gasteiger partial charge in [-0.1, -0.05) is 35.5 Å². The summed E-state index contributed by atoms with van der Waals surface area (Å²) in [6.07, 6.45) is 5.00. The van der Waals surface area contributed by atoms with Crippen LogP contribution in [0.15, 0.2) is 57.7 Å². The van der Waals surface area contributed by atoms with E-state index in [-0.39, 0.29) is 5.91 Å². The maximum absolute atomic E-state index is 13.5. The molecule has 0 radical (unpaired) electrons. The Kier molecular flexibility index (Phi) is 7.49. The maximum atomic E-state index is 13.5. The molecule has 186 valence electrons. The second kappa shape index (κ2) is 11.1. The number of piperidine rings is 1. The van der Waals surface area contributed by atoms with E-state index in [1.165, 1.54) is 6.42 Å². The van der Waals surface area contributed by atoms with Gasteiger partial charge in [0.25, 0.3) is 5.91 Å². The van der Waals surface area contributed by atoms with Crippen molar-refractivity contribution >= 4 is 11.8 Å². The molecular weight excluding hydrogens is 444 g/mol. The Morgan fingerprint density at radius 3 is 2.66 bits per heavy atom. The van der Waals surface area contributed by atoms with Gasteiger partial charge in [0.1, 0.15) is 5.69 Å². The summed E-state index contributed by atoms with van der Waals surface area (Å²) in [5.41, 5.74) is 2.73. The molecule has 2 aliphatic heterocycles. The number of furan rings is 1. The van der Waals surface area contributed by atoms with Crippen molar-refractivity contribution in [2.75, 3.05) is 50.8 Å². The number of carbonyl (C=O) groups excluding carboxylic acids is 1. The van der Waals surface area contributed by atoms with Gasteiger partial charge in [-0.2, -0.15) is 0 Å². The largest absolute Gasteiger partial charge is 0.459 e. The molecule has 0 unspecified atom stereocenters. The van der Waals surface area contributed by atoms with Crippen molar-refractivity contribution < 1.29 is 18.5 Å². The highest BCUT2D eigenvalue weighted by atomic mass is 16.5. The van der Waals surface area contributed by atoms with Crippen LogP contribution in [0.2, 0.25) is 0 Å². The molecule has 2 fully saturated rings. The van der Waals surface area contributed by atoms with Gasteiger partial charge in [0, 0.05) is 44.3 Å². The molecule has 8 nitrogen and oxygen atoms in total. The lowest BCUT2D eigenvalue weighted by Gasteiger charge is -2.34. The van der Waals surface area contributed by atoms with Crippen LogP contribution in [0.1, 0.15) is 42.3 Å². The zero-order valence-corrected chi connectivity index (χ0v) is 20.4. The lowest BCUT2D eigenvalue weighted by molar-refractivity contribution is 0.0316. The highest BCUT2D eigenvalue weighted by Crippen LogP contribution is 2.35. The zero-order chi connectivity index (χ0) is 24.0. The smallest absolute Gasteiger partial charge is 0.289 e. The van der Waals surface area contributed by atoms with Gasteiger partial charge >= 0.3 is 0 Å². The van der Waals surface area contributed by atoms with Gasteiger partial charge in [-0.25, -0.2) is 0 Å². The summed E-state index contributed by atoms with van der Waals surface area (Å²) in [6, 6.07) is 13.9. The minimum Gasteiger partial charge on any atom is -0.459 e. The third-order valence-corrected chi connectivity index (χ3v) is 7.04. The van der Waals surface area contributed by atoms with Crippen LogP contribution in [0.25, 0.3) is 11.3 Å². The summed E-state index contributed by atoms with van der Waals surface area (Å²) >= 11 is 0. The van der Waals surface area contributed by atoms with Gasteiger partial charge in [-0.05, 0) is 38.3 Å². The molecule has 1 aromatic carbocycles. The minimum atomic E-state index is -0.124. The van der Waals surface area contributed by atoms with Crippen LogP contribution in [-0.2, 0) is 11.3 Å². The molecule has 0 bridgehead atoms. The van der Waals surface area contributed by atoms with Gasteiger partial charge in [0.05, 0.1) is 31.6 Å². The van der Waals surface area contributed by atoms with E-state index in [0.717, 1.165) is 74.9 Å². The Bertz CT molecular complexity index is 1080. The fourth-order valence-corrected chi connectivity index (χ4v) is 4.98. The van der Waals surface area contributed by atoms with Crippen LogP contribution in [0.4, 0.5) is 5.88 Å². The number of ether oxygens (including phenoxy) is 1. The second-order valence-electron chi connectivity index (χ2n) is 9.38. The van der Waals surface area contributed by atoms with Crippen molar-refractivity contribution in [3.8, 4) is 11.3 Å². The van der Waals surface area contributed by atoms with Crippen LogP contribution < -0.4 is 4.90 Å². The first kappa shape index (κ1) is 23.6. The summed E-state index contributed by atoms with van der Waals surface area (Å²) in [4.78, 5) is 20.0. The lowest BCUT2D eigenvalue weighted by Crippen LogP contribution is -2.43. The first-order valence-corrected chi connectivity index (χ1v) is 12.6. The summed E-state index contributed by atoms with van der Waals surface area (Å²) < 4.78 is 17.0. The molecule has 1 amide bonds. The molecule has 0 saturated carbocycles. The van der Waals surface area contributed by atoms with E-state index in [2.05, 4.69) is 21.9 Å². The topological polar surface area (TPSA) is 75.2 Å². The molecule has 4 heterocycles. The normalized spacial score (nSPS) is 19.1. The number of hydrogen-bond acceptors (Lipinski definition) is 7. The van der Waals surface area contributed by atoms with Crippen LogP contribution in [-0.4, -0.2) is 72.8 Å². The fraction of sp³-hybridized carbons (Fsp3) is 0.481. The molecule has 0 spiro atoms. The summed E-state index contributed by atoms with van der Waals surface area (Å²) in [5.74, 6) is 0.998. The molecule has 2 saturated heterocycles. The predicted octanol–water partition coefficient (Wildman–Crippen LogP) is 4.29.